The minimum Gasteiger partial charge on any atom is -0.496 e. The van der Waals surface area contributed by atoms with E-state index in [0.717, 1.165) is 11.3 Å². The summed E-state index contributed by atoms with van der Waals surface area (Å²) in [6, 6.07) is 15.0. The van der Waals surface area contributed by atoms with Crippen LogP contribution in [0.15, 0.2) is 53.6 Å². The second-order valence-corrected chi connectivity index (χ2v) is 4.70. The molecule has 1 N–H and O–H groups in total. The minimum absolute atomic E-state index is 0.293. The standard InChI is InChI=1S/C17H18N2O2/c1-12-8-10-14(11-9-12)13(2)18-19-17(20)15-6-4-5-7-16(15)21-3/h4-11H,1-3H3,(H,19,20). The highest BCUT2D eigenvalue weighted by molar-refractivity contribution is 6.01. The van der Waals surface area contributed by atoms with Crippen molar-refractivity contribution in [3.63, 3.8) is 0 Å². The van der Waals surface area contributed by atoms with Gasteiger partial charge in [0.05, 0.1) is 18.4 Å². The number of carbonyl (C=O) groups excluding carboxylic acids is 1. The van der Waals surface area contributed by atoms with Crippen LogP contribution in [0, 0.1) is 6.92 Å². The fourth-order valence-corrected chi connectivity index (χ4v) is 1.89. The number of carbonyl (C=O) groups is 1. The molecule has 0 radical (unpaired) electrons. The Hall–Kier alpha value is -2.62. The Morgan fingerprint density at radius 1 is 1.10 bits per heavy atom. The van der Waals surface area contributed by atoms with Crippen LogP contribution < -0.4 is 10.2 Å². The van der Waals surface area contributed by atoms with Crippen LogP contribution in [0.25, 0.3) is 0 Å². The van der Waals surface area contributed by atoms with Gasteiger partial charge in [-0.1, -0.05) is 42.0 Å². The maximum Gasteiger partial charge on any atom is 0.275 e. The number of hydrazone groups is 1. The summed E-state index contributed by atoms with van der Waals surface area (Å²) in [5.74, 6) is 0.233. The van der Waals surface area contributed by atoms with Crippen LogP contribution in [0.1, 0.15) is 28.4 Å². The van der Waals surface area contributed by atoms with Gasteiger partial charge < -0.3 is 4.74 Å². The molecule has 0 heterocycles. The fraction of sp³-hybridized carbons (Fsp3) is 0.176. The lowest BCUT2D eigenvalue weighted by Gasteiger charge is -2.07. The number of methoxy groups -OCH3 is 1. The first-order chi connectivity index (χ1) is 10.1. The van der Waals surface area contributed by atoms with E-state index in [1.165, 1.54) is 12.7 Å². The first-order valence-electron chi connectivity index (χ1n) is 6.66. The summed E-state index contributed by atoms with van der Waals surface area (Å²) < 4.78 is 5.16. The van der Waals surface area contributed by atoms with E-state index in [0.29, 0.717) is 11.3 Å². The van der Waals surface area contributed by atoms with Crippen molar-refractivity contribution in [1.82, 2.24) is 5.43 Å². The Bertz CT molecular complexity index is 661. The Balaban J connectivity index is 2.12. The number of ether oxygens (including phenoxy) is 1. The summed E-state index contributed by atoms with van der Waals surface area (Å²) in [6.45, 7) is 3.88. The molecule has 0 atom stereocenters. The third-order valence-corrected chi connectivity index (χ3v) is 3.15. The molecule has 0 saturated heterocycles. The Kier molecular flexibility index (Phi) is 4.72. The van der Waals surface area contributed by atoms with Crippen LogP contribution in [0.4, 0.5) is 0 Å². The topological polar surface area (TPSA) is 50.7 Å². The molecule has 0 aliphatic carbocycles. The maximum atomic E-state index is 12.1. The van der Waals surface area contributed by atoms with Gasteiger partial charge in [-0.25, -0.2) is 5.43 Å². The van der Waals surface area contributed by atoms with Gasteiger partial charge in [0.15, 0.2) is 0 Å². The zero-order valence-corrected chi connectivity index (χ0v) is 12.4. The highest BCUT2D eigenvalue weighted by Crippen LogP contribution is 2.16. The average Bonchev–Trinajstić information content (AvgIpc) is 2.52. The lowest BCUT2D eigenvalue weighted by Crippen LogP contribution is -2.20. The van der Waals surface area contributed by atoms with Crippen molar-refractivity contribution in [3.05, 3.63) is 65.2 Å². The van der Waals surface area contributed by atoms with Crippen molar-refractivity contribution < 1.29 is 9.53 Å². The summed E-state index contributed by atoms with van der Waals surface area (Å²) in [7, 11) is 1.53. The highest BCUT2D eigenvalue weighted by atomic mass is 16.5. The van der Waals surface area contributed by atoms with Gasteiger partial charge in [-0.3, -0.25) is 4.79 Å². The molecule has 0 unspecified atom stereocenters. The molecule has 4 heteroatoms. The van der Waals surface area contributed by atoms with Crippen molar-refractivity contribution in [2.75, 3.05) is 7.11 Å². The van der Waals surface area contributed by atoms with Gasteiger partial charge in [0.1, 0.15) is 5.75 Å². The summed E-state index contributed by atoms with van der Waals surface area (Å²) >= 11 is 0. The van der Waals surface area contributed by atoms with Gasteiger partial charge >= 0.3 is 0 Å². The van der Waals surface area contributed by atoms with Gasteiger partial charge in [0.25, 0.3) is 5.91 Å². The predicted octanol–water partition coefficient (Wildman–Crippen LogP) is 3.16. The molecule has 2 aromatic rings. The zero-order chi connectivity index (χ0) is 15.2. The Labute approximate surface area is 124 Å². The smallest absolute Gasteiger partial charge is 0.275 e. The van der Waals surface area contributed by atoms with E-state index in [9.17, 15) is 4.79 Å². The third-order valence-electron chi connectivity index (χ3n) is 3.15. The summed E-state index contributed by atoms with van der Waals surface area (Å²) in [6.07, 6.45) is 0. The van der Waals surface area contributed by atoms with Gasteiger partial charge in [-0.05, 0) is 31.5 Å². The van der Waals surface area contributed by atoms with E-state index in [4.69, 9.17) is 4.74 Å². The molecule has 21 heavy (non-hydrogen) atoms. The van der Waals surface area contributed by atoms with Crippen LogP contribution in [0.5, 0.6) is 5.75 Å². The van der Waals surface area contributed by atoms with Crippen molar-refractivity contribution in [1.29, 1.82) is 0 Å². The SMILES string of the molecule is COc1ccccc1C(=O)NN=C(C)c1ccc(C)cc1. The third kappa shape index (κ3) is 3.69. The van der Waals surface area contributed by atoms with Crippen LogP contribution in [-0.2, 0) is 0 Å². The molecule has 0 bridgehead atoms. The van der Waals surface area contributed by atoms with E-state index < -0.39 is 0 Å². The minimum atomic E-state index is -0.293. The highest BCUT2D eigenvalue weighted by Gasteiger charge is 2.10. The predicted molar refractivity (Wildman–Crippen MR) is 83.9 cm³/mol. The number of hydrogen-bond acceptors (Lipinski definition) is 3. The van der Waals surface area contributed by atoms with Crippen LogP contribution in [0.2, 0.25) is 0 Å². The summed E-state index contributed by atoms with van der Waals surface area (Å²) in [4.78, 5) is 12.1. The van der Waals surface area contributed by atoms with E-state index in [-0.39, 0.29) is 5.91 Å². The normalized spacial score (nSPS) is 11.1. The maximum absolute atomic E-state index is 12.1. The molecule has 0 aromatic heterocycles. The molecule has 0 saturated carbocycles. The summed E-state index contributed by atoms with van der Waals surface area (Å²) in [5.41, 5.74) is 5.92. The van der Waals surface area contributed by atoms with E-state index in [1.54, 1.807) is 18.2 Å². The molecular formula is C17H18N2O2. The number of rotatable bonds is 4. The van der Waals surface area contributed by atoms with Gasteiger partial charge in [0, 0.05) is 0 Å². The fourth-order valence-electron chi connectivity index (χ4n) is 1.89. The Morgan fingerprint density at radius 2 is 1.76 bits per heavy atom. The first kappa shape index (κ1) is 14.8. The lowest BCUT2D eigenvalue weighted by molar-refractivity contribution is 0.0952. The lowest BCUT2D eigenvalue weighted by atomic mass is 10.1. The zero-order valence-electron chi connectivity index (χ0n) is 12.4. The number of nitrogens with zero attached hydrogens (tertiary/aromatic N) is 1. The van der Waals surface area contributed by atoms with Crippen LogP contribution in [0.3, 0.4) is 0 Å². The molecular weight excluding hydrogens is 264 g/mol. The molecule has 2 aromatic carbocycles. The van der Waals surface area contributed by atoms with Crippen LogP contribution >= 0.6 is 0 Å². The van der Waals surface area contributed by atoms with E-state index in [1.807, 2.05) is 44.2 Å². The quantitative estimate of drug-likeness (QED) is 0.691. The molecule has 0 aliphatic rings. The second kappa shape index (κ2) is 6.70. The molecule has 108 valence electrons. The molecule has 0 fully saturated rings. The van der Waals surface area contributed by atoms with Gasteiger partial charge in [-0.15, -0.1) is 0 Å². The Morgan fingerprint density at radius 3 is 2.43 bits per heavy atom. The van der Waals surface area contributed by atoms with Crippen LogP contribution in [-0.4, -0.2) is 18.7 Å². The number of hydrogen-bond donors (Lipinski definition) is 1. The molecule has 4 nitrogen and oxygen atoms in total. The summed E-state index contributed by atoms with van der Waals surface area (Å²) in [5, 5.41) is 4.14. The molecule has 0 spiro atoms. The number of amides is 1. The number of aryl methyl sites for hydroxylation is 1. The van der Waals surface area contributed by atoms with E-state index in [2.05, 4.69) is 10.5 Å². The average molecular weight is 282 g/mol. The van der Waals surface area contributed by atoms with Crippen molar-refractivity contribution in [2.24, 2.45) is 5.10 Å². The van der Waals surface area contributed by atoms with Gasteiger partial charge in [-0.2, -0.15) is 5.10 Å². The molecule has 2 rings (SSSR count). The molecule has 0 aliphatic heterocycles. The van der Waals surface area contributed by atoms with Crippen molar-refractivity contribution in [2.45, 2.75) is 13.8 Å². The number of nitrogens with one attached hydrogen (secondary N) is 1. The monoisotopic (exact) mass is 282 g/mol. The number of para-hydroxylation sites is 1. The molecule has 1 amide bonds. The largest absolute Gasteiger partial charge is 0.496 e. The van der Waals surface area contributed by atoms with E-state index >= 15 is 0 Å². The van der Waals surface area contributed by atoms with Crippen molar-refractivity contribution >= 4 is 11.6 Å². The van der Waals surface area contributed by atoms with Crippen molar-refractivity contribution in [3.8, 4) is 5.75 Å². The van der Waals surface area contributed by atoms with Gasteiger partial charge in [0.2, 0.25) is 0 Å². The number of benzene rings is 2. The second-order valence-electron chi connectivity index (χ2n) is 4.70. The first-order valence-corrected chi connectivity index (χ1v) is 6.66.